The molecule has 0 spiro atoms. The molecule has 1 atom stereocenters. The van der Waals surface area contributed by atoms with Crippen molar-refractivity contribution in [3.63, 3.8) is 0 Å². The molecule has 0 amide bonds. The Labute approximate surface area is 131 Å². The Hall–Kier alpha value is -1.91. The van der Waals surface area contributed by atoms with E-state index in [9.17, 15) is 4.91 Å². The van der Waals surface area contributed by atoms with Crippen LogP contribution in [0, 0.1) is 4.91 Å². The van der Waals surface area contributed by atoms with Crippen LogP contribution in [-0.4, -0.2) is 10.8 Å². The van der Waals surface area contributed by atoms with Gasteiger partial charge in [0.1, 0.15) is 6.04 Å². The zero-order chi connectivity index (χ0) is 14.8. The van der Waals surface area contributed by atoms with Crippen LogP contribution in [0.1, 0.15) is 23.6 Å². The Balaban J connectivity index is 1.88. The molecule has 0 N–H and O–H groups in total. The van der Waals surface area contributed by atoms with Gasteiger partial charge in [-0.2, -0.15) is 5.10 Å². The highest BCUT2D eigenvalue weighted by Crippen LogP contribution is 2.33. The lowest BCUT2D eigenvalue weighted by Crippen LogP contribution is -2.12. The molecule has 2 aromatic rings. The summed E-state index contributed by atoms with van der Waals surface area (Å²) in [6, 6.07) is 14.5. The normalized spacial score (nSPS) is 17.7. The Morgan fingerprint density at radius 1 is 1.00 bits per heavy atom. The first kappa shape index (κ1) is 14.0. The summed E-state index contributed by atoms with van der Waals surface area (Å²) in [4.78, 5) is 11.0. The number of rotatable bonds is 3. The van der Waals surface area contributed by atoms with Gasteiger partial charge in [-0.3, -0.25) is 0 Å². The second-order valence-electron chi connectivity index (χ2n) is 4.73. The predicted octanol–water partition coefficient (Wildman–Crippen LogP) is 4.83. The lowest BCUT2D eigenvalue weighted by Gasteiger charge is -2.15. The third kappa shape index (κ3) is 2.91. The third-order valence-corrected chi connectivity index (χ3v) is 3.91. The molecule has 0 aromatic heterocycles. The first-order chi connectivity index (χ1) is 10.2. The summed E-state index contributed by atoms with van der Waals surface area (Å²) in [7, 11) is 0. The van der Waals surface area contributed by atoms with E-state index in [1.165, 1.54) is 5.12 Å². The van der Waals surface area contributed by atoms with Crippen LogP contribution in [0.3, 0.4) is 0 Å². The van der Waals surface area contributed by atoms with Gasteiger partial charge in [0.15, 0.2) is 0 Å². The van der Waals surface area contributed by atoms with Crippen LogP contribution in [0.25, 0.3) is 0 Å². The molecule has 21 heavy (non-hydrogen) atoms. The molecule has 1 aliphatic rings. The first-order valence-electron chi connectivity index (χ1n) is 6.39. The van der Waals surface area contributed by atoms with E-state index in [4.69, 9.17) is 23.2 Å². The zero-order valence-corrected chi connectivity index (χ0v) is 12.4. The van der Waals surface area contributed by atoms with Gasteiger partial charge in [0.2, 0.25) is 0 Å². The molecule has 6 heteroatoms. The maximum Gasteiger partial charge on any atom is 0.105 e. The number of nitroso groups, excluding NO2 is 1. The zero-order valence-electron chi connectivity index (χ0n) is 10.9. The van der Waals surface area contributed by atoms with Crippen molar-refractivity contribution in [1.29, 1.82) is 0 Å². The summed E-state index contributed by atoms with van der Waals surface area (Å²) in [5.74, 6) is 0. The SMILES string of the molecule is O=NN1N=C(c2ccc(Cl)cc2)CC1c1ccc(Cl)cc1. The van der Waals surface area contributed by atoms with Crippen molar-refractivity contribution >= 4 is 28.9 Å². The van der Waals surface area contributed by atoms with Crippen molar-refractivity contribution in [3.05, 3.63) is 74.6 Å². The predicted molar refractivity (Wildman–Crippen MR) is 84.4 cm³/mol. The van der Waals surface area contributed by atoms with Crippen molar-refractivity contribution in [2.45, 2.75) is 12.5 Å². The summed E-state index contributed by atoms with van der Waals surface area (Å²) in [6.07, 6.45) is 0.606. The Bertz CT molecular complexity index is 683. The smallest absolute Gasteiger partial charge is 0.105 e. The van der Waals surface area contributed by atoms with Gasteiger partial charge < -0.3 is 0 Å². The highest BCUT2D eigenvalue weighted by atomic mass is 35.5. The summed E-state index contributed by atoms with van der Waals surface area (Å²) in [6.45, 7) is 0. The molecule has 0 saturated carbocycles. The van der Waals surface area contributed by atoms with Gasteiger partial charge in [0.05, 0.1) is 11.0 Å². The first-order valence-corrected chi connectivity index (χ1v) is 7.14. The fourth-order valence-electron chi connectivity index (χ4n) is 2.33. The molecular weight excluding hydrogens is 309 g/mol. The molecule has 0 fully saturated rings. The molecule has 106 valence electrons. The van der Waals surface area contributed by atoms with Crippen molar-refractivity contribution in [1.82, 2.24) is 5.12 Å². The van der Waals surface area contributed by atoms with E-state index in [1.807, 2.05) is 24.3 Å². The highest BCUT2D eigenvalue weighted by Gasteiger charge is 2.29. The van der Waals surface area contributed by atoms with E-state index in [-0.39, 0.29) is 6.04 Å². The quantitative estimate of drug-likeness (QED) is 0.761. The molecule has 1 heterocycles. The Kier molecular flexibility index (Phi) is 3.90. The summed E-state index contributed by atoms with van der Waals surface area (Å²) in [5.41, 5.74) is 2.70. The van der Waals surface area contributed by atoms with Crippen LogP contribution < -0.4 is 0 Å². The fourth-order valence-corrected chi connectivity index (χ4v) is 2.58. The molecule has 0 saturated heterocycles. The van der Waals surface area contributed by atoms with E-state index in [0.717, 1.165) is 16.8 Å². The second kappa shape index (κ2) is 5.84. The largest absolute Gasteiger partial charge is 0.156 e. The van der Waals surface area contributed by atoms with Crippen molar-refractivity contribution < 1.29 is 0 Å². The molecule has 0 bridgehead atoms. The van der Waals surface area contributed by atoms with Gasteiger partial charge >= 0.3 is 0 Å². The van der Waals surface area contributed by atoms with Crippen LogP contribution in [-0.2, 0) is 0 Å². The van der Waals surface area contributed by atoms with Crippen LogP contribution in [0.2, 0.25) is 10.0 Å². The molecule has 2 aromatic carbocycles. The van der Waals surface area contributed by atoms with E-state index < -0.39 is 0 Å². The molecular formula is C15H11Cl2N3O. The second-order valence-corrected chi connectivity index (χ2v) is 5.60. The summed E-state index contributed by atoms with van der Waals surface area (Å²) in [5, 5.41) is 9.80. The van der Waals surface area contributed by atoms with E-state index in [2.05, 4.69) is 10.4 Å². The lowest BCUT2D eigenvalue weighted by molar-refractivity contribution is 0.241. The number of hydrazone groups is 1. The Morgan fingerprint density at radius 3 is 2.14 bits per heavy atom. The average Bonchev–Trinajstić information content (AvgIpc) is 2.93. The van der Waals surface area contributed by atoms with Gasteiger partial charge in [0.25, 0.3) is 0 Å². The van der Waals surface area contributed by atoms with E-state index in [1.54, 1.807) is 24.3 Å². The van der Waals surface area contributed by atoms with Crippen LogP contribution in [0.4, 0.5) is 0 Å². The van der Waals surface area contributed by atoms with Gasteiger partial charge in [-0.1, -0.05) is 47.5 Å². The van der Waals surface area contributed by atoms with E-state index >= 15 is 0 Å². The highest BCUT2D eigenvalue weighted by molar-refractivity contribution is 6.30. The molecule has 0 radical (unpaired) electrons. The lowest BCUT2D eigenvalue weighted by atomic mass is 9.99. The minimum Gasteiger partial charge on any atom is -0.156 e. The van der Waals surface area contributed by atoms with Crippen LogP contribution in [0.15, 0.2) is 58.9 Å². The summed E-state index contributed by atoms with van der Waals surface area (Å²) < 4.78 is 0. The Morgan fingerprint density at radius 2 is 1.57 bits per heavy atom. The summed E-state index contributed by atoms with van der Waals surface area (Å²) >= 11 is 11.8. The van der Waals surface area contributed by atoms with E-state index in [0.29, 0.717) is 16.5 Å². The van der Waals surface area contributed by atoms with Gasteiger partial charge in [0, 0.05) is 16.5 Å². The van der Waals surface area contributed by atoms with Gasteiger partial charge in [-0.25, -0.2) is 0 Å². The molecule has 1 unspecified atom stereocenters. The number of halogens is 2. The van der Waals surface area contributed by atoms with Crippen molar-refractivity contribution in [2.24, 2.45) is 10.4 Å². The molecule has 0 aliphatic carbocycles. The molecule has 4 nitrogen and oxygen atoms in total. The van der Waals surface area contributed by atoms with Crippen LogP contribution in [0.5, 0.6) is 0 Å². The van der Waals surface area contributed by atoms with Crippen molar-refractivity contribution in [2.75, 3.05) is 0 Å². The monoisotopic (exact) mass is 319 g/mol. The number of hydrogen-bond donors (Lipinski definition) is 0. The number of nitrogens with zero attached hydrogens (tertiary/aromatic N) is 3. The minimum atomic E-state index is -0.203. The van der Waals surface area contributed by atoms with Crippen molar-refractivity contribution in [3.8, 4) is 0 Å². The van der Waals surface area contributed by atoms with Gasteiger partial charge in [-0.15, -0.1) is 10.0 Å². The van der Waals surface area contributed by atoms with Crippen LogP contribution >= 0.6 is 23.2 Å². The standard InChI is InChI=1S/C15H11Cl2N3O/c16-12-5-1-10(2-6-12)14-9-15(20(18-14)19-21)11-3-7-13(17)8-4-11/h1-8,15H,9H2. The molecule has 3 rings (SSSR count). The fraction of sp³-hybridized carbons (Fsp3) is 0.133. The number of hydrogen-bond acceptors (Lipinski definition) is 3. The maximum absolute atomic E-state index is 11.0. The number of benzene rings is 2. The topological polar surface area (TPSA) is 45.0 Å². The minimum absolute atomic E-state index is 0.203. The average molecular weight is 320 g/mol. The third-order valence-electron chi connectivity index (χ3n) is 3.40. The maximum atomic E-state index is 11.0. The van der Waals surface area contributed by atoms with Gasteiger partial charge in [-0.05, 0) is 35.4 Å². The molecule has 1 aliphatic heterocycles.